The Kier molecular flexibility index (Phi) is 4.30. The minimum absolute atomic E-state index is 0.00796. The average Bonchev–Trinajstić information content (AvgIpc) is 2.43. The molecular weight excluding hydrogens is 238 g/mol. The van der Waals surface area contributed by atoms with Crippen molar-refractivity contribution in [3.05, 3.63) is 23.8 Å². The Bertz CT molecular complexity index is 457. The molecule has 4 heteroatoms. The van der Waals surface area contributed by atoms with Gasteiger partial charge < -0.3 is 16.0 Å². The fraction of sp³-hybridized carbons (Fsp3) is 0.533. The van der Waals surface area contributed by atoms with Gasteiger partial charge in [0.1, 0.15) is 0 Å². The third-order valence-electron chi connectivity index (χ3n) is 3.61. The molecule has 1 amide bonds. The highest BCUT2D eigenvalue weighted by molar-refractivity contribution is 6.02. The number of rotatable bonds is 4. The zero-order valence-corrected chi connectivity index (χ0v) is 11.9. The highest BCUT2D eigenvalue weighted by Gasteiger charge is 2.20. The van der Waals surface area contributed by atoms with Crippen molar-refractivity contribution in [3.8, 4) is 0 Å². The van der Waals surface area contributed by atoms with Crippen LogP contribution in [0.5, 0.6) is 0 Å². The summed E-state index contributed by atoms with van der Waals surface area (Å²) in [5, 5.41) is 9.74. The molecule has 1 atom stereocenters. The van der Waals surface area contributed by atoms with Crippen LogP contribution in [0.2, 0.25) is 0 Å². The lowest BCUT2D eigenvalue weighted by Crippen LogP contribution is -2.38. The first-order valence-corrected chi connectivity index (χ1v) is 7.05. The van der Waals surface area contributed by atoms with E-state index < -0.39 is 0 Å². The van der Waals surface area contributed by atoms with Gasteiger partial charge in [0.25, 0.3) is 5.91 Å². The molecule has 0 aliphatic carbocycles. The average molecular weight is 261 g/mol. The molecule has 0 aromatic heterocycles. The van der Waals surface area contributed by atoms with Crippen molar-refractivity contribution in [3.63, 3.8) is 0 Å². The van der Waals surface area contributed by atoms with Gasteiger partial charge in [-0.1, -0.05) is 26.8 Å². The van der Waals surface area contributed by atoms with Gasteiger partial charge in [-0.15, -0.1) is 0 Å². The Morgan fingerprint density at radius 3 is 2.74 bits per heavy atom. The van der Waals surface area contributed by atoms with Gasteiger partial charge in [-0.2, -0.15) is 0 Å². The molecular formula is C15H23N3O. The lowest BCUT2D eigenvalue weighted by atomic mass is 10.0. The Morgan fingerprint density at radius 1 is 1.32 bits per heavy atom. The molecule has 0 saturated carbocycles. The molecule has 1 aromatic rings. The molecule has 0 bridgehead atoms. The third-order valence-corrected chi connectivity index (χ3v) is 3.61. The molecule has 0 spiro atoms. The fourth-order valence-corrected chi connectivity index (χ4v) is 2.45. The number of amides is 1. The van der Waals surface area contributed by atoms with Crippen molar-refractivity contribution >= 4 is 17.3 Å². The Balaban J connectivity index is 2.19. The second kappa shape index (κ2) is 5.95. The number of hydrogen-bond acceptors (Lipinski definition) is 3. The second-order valence-electron chi connectivity index (χ2n) is 5.31. The summed E-state index contributed by atoms with van der Waals surface area (Å²) in [7, 11) is 0. The predicted octanol–water partition coefficient (Wildman–Crippen LogP) is 2.69. The van der Waals surface area contributed by atoms with Crippen LogP contribution in [-0.4, -0.2) is 25.0 Å². The highest BCUT2D eigenvalue weighted by atomic mass is 16.1. The van der Waals surface area contributed by atoms with E-state index in [4.69, 9.17) is 0 Å². The topological polar surface area (TPSA) is 53.2 Å². The van der Waals surface area contributed by atoms with Crippen molar-refractivity contribution in [1.82, 2.24) is 5.32 Å². The lowest BCUT2D eigenvalue weighted by Gasteiger charge is -2.25. The highest BCUT2D eigenvalue weighted by Crippen LogP contribution is 2.28. The number of nitrogens with one attached hydrogen (secondary N) is 3. The van der Waals surface area contributed by atoms with Crippen LogP contribution >= 0.6 is 0 Å². The van der Waals surface area contributed by atoms with Gasteiger partial charge in [0.15, 0.2) is 0 Å². The number of fused-ring (bicyclic) bond motifs is 1. The van der Waals surface area contributed by atoms with E-state index in [9.17, 15) is 4.79 Å². The monoisotopic (exact) mass is 261 g/mol. The number of anilines is 2. The summed E-state index contributed by atoms with van der Waals surface area (Å²) in [6.45, 7) is 8.11. The van der Waals surface area contributed by atoms with Crippen molar-refractivity contribution in [2.75, 3.05) is 23.7 Å². The van der Waals surface area contributed by atoms with E-state index in [1.54, 1.807) is 0 Å². The Labute approximate surface area is 115 Å². The molecule has 1 aliphatic rings. The molecule has 1 unspecified atom stereocenters. The van der Waals surface area contributed by atoms with Crippen molar-refractivity contribution in [2.24, 2.45) is 5.92 Å². The third kappa shape index (κ3) is 3.00. The summed E-state index contributed by atoms with van der Waals surface area (Å²) < 4.78 is 0. The number of para-hydroxylation sites is 1. The number of carbonyl (C=O) groups is 1. The molecule has 0 fully saturated rings. The van der Waals surface area contributed by atoms with E-state index in [-0.39, 0.29) is 11.9 Å². The van der Waals surface area contributed by atoms with Crippen LogP contribution in [0.25, 0.3) is 0 Å². The normalized spacial score (nSPS) is 15.2. The summed E-state index contributed by atoms with van der Waals surface area (Å²) >= 11 is 0. The summed E-state index contributed by atoms with van der Waals surface area (Å²) in [5.41, 5.74) is 2.66. The maximum absolute atomic E-state index is 12.4. The number of hydrogen-bond donors (Lipinski definition) is 3. The van der Waals surface area contributed by atoms with Crippen LogP contribution in [0.15, 0.2) is 18.2 Å². The molecule has 1 aromatic carbocycles. The lowest BCUT2D eigenvalue weighted by molar-refractivity contribution is 0.0925. The summed E-state index contributed by atoms with van der Waals surface area (Å²) in [4.78, 5) is 12.4. The fourth-order valence-electron chi connectivity index (χ4n) is 2.45. The van der Waals surface area contributed by atoms with E-state index in [1.807, 2.05) is 18.2 Å². The van der Waals surface area contributed by atoms with Crippen molar-refractivity contribution < 1.29 is 4.79 Å². The molecule has 2 rings (SSSR count). The van der Waals surface area contributed by atoms with Gasteiger partial charge in [0.05, 0.1) is 16.9 Å². The summed E-state index contributed by atoms with van der Waals surface area (Å²) in [5.74, 6) is 0.452. The van der Waals surface area contributed by atoms with E-state index in [1.165, 1.54) is 0 Å². The van der Waals surface area contributed by atoms with E-state index >= 15 is 0 Å². The van der Waals surface area contributed by atoms with Gasteiger partial charge in [0, 0.05) is 19.1 Å². The molecule has 0 radical (unpaired) electrons. The van der Waals surface area contributed by atoms with Crippen LogP contribution in [0.3, 0.4) is 0 Å². The first kappa shape index (κ1) is 13.7. The quantitative estimate of drug-likeness (QED) is 0.781. The van der Waals surface area contributed by atoms with E-state index in [0.29, 0.717) is 5.92 Å². The maximum atomic E-state index is 12.4. The predicted molar refractivity (Wildman–Crippen MR) is 79.8 cm³/mol. The standard InChI is InChI=1S/C15H23N3O/c1-4-12(10(2)3)18-15(19)11-6-5-7-13-14(11)17-9-8-16-13/h5-7,10,12,16-17H,4,8-9H2,1-3H3,(H,18,19). The van der Waals surface area contributed by atoms with Gasteiger partial charge in [0.2, 0.25) is 0 Å². The maximum Gasteiger partial charge on any atom is 0.253 e. The molecule has 1 aliphatic heterocycles. The molecule has 3 N–H and O–H groups in total. The Morgan fingerprint density at radius 2 is 2.05 bits per heavy atom. The minimum Gasteiger partial charge on any atom is -0.382 e. The molecule has 1 heterocycles. The van der Waals surface area contributed by atoms with Crippen LogP contribution in [-0.2, 0) is 0 Å². The summed E-state index contributed by atoms with van der Waals surface area (Å²) in [6.07, 6.45) is 0.949. The first-order valence-electron chi connectivity index (χ1n) is 7.05. The second-order valence-corrected chi connectivity index (χ2v) is 5.31. The smallest absolute Gasteiger partial charge is 0.253 e. The molecule has 19 heavy (non-hydrogen) atoms. The van der Waals surface area contributed by atoms with E-state index in [0.717, 1.165) is 36.4 Å². The van der Waals surface area contributed by atoms with Gasteiger partial charge in [-0.05, 0) is 24.5 Å². The number of carbonyl (C=O) groups excluding carboxylic acids is 1. The molecule has 104 valence electrons. The first-order chi connectivity index (χ1) is 9.13. The zero-order chi connectivity index (χ0) is 13.8. The minimum atomic E-state index is 0.00796. The van der Waals surface area contributed by atoms with E-state index in [2.05, 4.69) is 36.7 Å². The summed E-state index contributed by atoms with van der Waals surface area (Å²) in [6, 6.07) is 6.02. The zero-order valence-electron chi connectivity index (χ0n) is 11.9. The Hall–Kier alpha value is -1.71. The largest absolute Gasteiger partial charge is 0.382 e. The van der Waals surface area contributed by atoms with Crippen molar-refractivity contribution in [1.29, 1.82) is 0 Å². The molecule has 0 saturated heterocycles. The van der Waals surface area contributed by atoms with Crippen LogP contribution < -0.4 is 16.0 Å². The van der Waals surface area contributed by atoms with Gasteiger partial charge in [-0.25, -0.2) is 0 Å². The van der Waals surface area contributed by atoms with Crippen molar-refractivity contribution in [2.45, 2.75) is 33.2 Å². The number of benzene rings is 1. The van der Waals surface area contributed by atoms with Crippen LogP contribution in [0.1, 0.15) is 37.6 Å². The molecule has 4 nitrogen and oxygen atoms in total. The van der Waals surface area contributed by atoms with Gasteiger partial charge >= 0.3 is 0 Å². The SMILES string of the molecule is CCC(NC(=O)c1cccc2c1NCCN2)C(C)C. The van der Waals surface area contributed by atoms with Gasteiger partial charge in [-0.3, -0.25) is 4.79 Å². The van der Waals surface area contributed by atoms with Crippen LogP contribution in [0, 0.1) is 5.92 Å². The van der Waals surface area contributed by atoms with Crippen LogP contribution in [0.4, 0.5) is 11.4 Å².